The van der Waals surface area contributed by atoms with Crippen molar-refractivity contribution in [1.82, 2.24) is 9.88 Å². The Hall–Kier alpha value is -1.33. The molecular formula is C16H24N2O3. The SMILES string of the molecule is O=C(CC1(n2cccc2)CCOCC1)NC[C@@H]1CCCO1. The first-order chi connectivity index (χ1) is 10.3. The summed E-state index contributed by atoms with van der Waals surface area (Å²) in [6.45, 7) is 2.90. The van der Waals surface area contributed by atoms with Crippen molar-refractivity contribution in [2.24, 2.45) is 0 Å². The first kappa shape index (κ1) is 14.6. The molecule has 116 valence electrons. The summed E-state index contributed by atoms with van der Waals surface area (Å²) in [7, 11) is 0. The summed E-state index contributed by atoms with van der Waals surface area (Å²) in [6, 6.07) is 4.03. The average molecular weight is 292 g/mol. The van der Waals surface area contributed by atoms with Crippen LogP contribution in [0.5, 0.6) is 0 Å². The van der Waals surface area contributed by atoms with E-state index in [0.29, 0.717) is 13.0 Å². The zero-order valence-corrected chi connectivity index (χ0v) is 12.4. The normalized spacial score (nSPS) is 24.9. The van der Waals surface area contributed by atoms with Crippen molar-refractivity contribution in [3.8, 4) is 0 Å². The topological polar surface area (TPSA) is 52.5 Å². The van der Waals surface area contributed by atoms with E-state index in [4.69, 9.17) is 9.47 Å². The van der Waals surface area contributed by atoms with Crippen LogP contribution < -0.4 is 5.32 Å². The molecule has 0 unspecified atom stereocenters. The van der Waals surface area contributed by atoms with Gasteiger partial charge in [0, 0.05) is 38.8 Å². The summed E-state index contributed by atoms with van der Waals surface area (Å²) < 4.78 is 13.2. The molecule has 5 heteroatoms. The Morgan fingerprint density at radius 3 is 2.67 bits per heavy atom. The average Bonchev–Trinajstić information content (AvgIpc) is 3.20. The van der Waals surface area contributed by atoms with Gasteiger partial charge in [-0.1, -0.05) is 0 Å². The van der Waals surface area contributed by atoms with Crippen molar-refractivity contribution in [1.29, 1.82) is 0 Å². The number of rotatable bonds is 5. The molecule has 1 aromatic heterocycles. The van der Waals surface area contributed by atoms with Crippen molar-refractivity contribution in [2.75, 3.05) is 26.4 Å². The fraction of sp³-hybridized carbons (Fsp3) is 0.688. The highest BCUT2D eigenvalue weighted by molar-refractivity contribution is 5.77. The molecule has 0 spiro atoms. The lowest BCUT2D eigenvalue weighted by Gasteiger charge is -2.38. The Balaban J connectivity index is 1.60. The number of hydrogen-bond donors (Lipinski definition) is 1. The molecule has 1 amide bonds. The number of carbonyl (C=O) groups excluding carboxylic acids is 1. The summed E-state index contributed by atoms with van der Waals surface area (Å²) in [5, 5.41) is 3.04. The Kier molecular flexibility index (Phi) is 4.60. The molecule has 1 N–H and O–H groups in total. The fourth-order valence-corrected chi connectivity index (χ4v) is 3.32. The van der Waals surface area contributed by atoms with Crippen molar-refractivity contribution < 1.29 is 14.3 Å². The molecule has 2 aliphatic heterocycles. The molecule has 0 saturated carbocycles. The minimum absolute atomic E-state index is 0.112. The van der Waals surface area contributed by atoms with Crippen molar-refractivity contribution in [3.63, 3.8) is 0 Å². The Morgan fingerprint density at radius 2 is 2.00 bits per heavy atom. The van der Waals surface area contributed by atoms with Gasteiger partial charge in [-0.05, 0) is 37.8 Å². The molecule has 0 aromatic carbocycles. The molecule has 1 atom stereocenters. The predicted molar refractivity (Wildman–Crippen MR) is 79.1 cm³/mol. The first-order valence-corrected chi connectivity index (χ1v) is 7.88. The second-order valence-electron chi connectivity index (χ2n) is 6.04. The van der Waals surface area contributed by atoms with Crippen LogP contribution in [0.25, 0.3) is 0 Å². The third kappa shape index (κ3) is 3.47. The second-order valence-corrected chi connectivity index (χ2v) is 6.04. The van der Waals surface area contributed by atoms with E-state index < -0.39 is 0 Å². The van der Waals surface area contributed by atoms with Crippen LogP contribution in [0.15, 0.2) is 24.5 Å². The van der Waals surface area contributed by atoms with Crippen LogP contribution in [0, 0.1) is 0 Å². The van der Waals surface area contributed by atoms with Crippen LogP contribution in [0.1, 0.15) is 32.1 Å². The van der Waals surface area contributed by atoms with Crippen LogP contribution in [0.3, 0.4) is 0 Å². The minimum Gasteiger partial charge on any atom is -0.381 e. The lowest BCUT2D eigenvalue weighted by Crippen LogP contribution is -2.44. The number of hydrogen-bond acceptors (Lipinski definition) is 3. The van der Waals surface area contributed by atoms with E-state index in [0.717, 1.165) is 45.5 Å². The number of nitrogens with zero attached hydrogens (tertiary/aromatic N) is 1. The summed E-state index contributed by atoms with van der Waals surface area (Å²) >= 11 is 0. The Labute approximate surface area is 125 Å². The molecule has 1 aromatic rings. The van der Waals surface area contributed by atoms with Gasteiger partial charge in [-0.25, -0.2) is 0 Å². The Morgan fingerprint density at radius 1 is 1.24 bits per heavy atom. The van der Waals surface area contributed by atoms with Crippen LogP contribution in [0.4, 0.5) is 0 Å². The molecule has 2 saturated heterocycles. The number of amides is 1. The van der Waals surface area contributed by atoms with E-state index in [9.17, 15) is 4.79 Å². The van der Waals surface area contributed by atoms with Crippen molar-refractivity contribution >= 4 is 5.91 Å². The van der Waals surface area contributed by atoms with Crippen LogP contribution in [-0.2, 0) is 19.8 Å². The molecule has 21 heavy (non-hydrogen) atoms. The molecule has 0 radical (unpaired) electrons. The third-order valence-electron chi connectivity index (χ3n) is 4.62. The van der Waals surface area contributed by atoms with Crippen LogP contribution in [0.2, 0.25) is 0 Å². The summed E-state index contributed by atoms with van der Waals surface area (Å²) in [4.78, 5) is 12.3. The van der Waals surface area contributed by atoms with E-state index in [2.05, 4.69) is 22.3 Å². The van der Waals surface area contributed by atoms with Gasteiger partial charge in [0.05, 0.1) is 18.1 Å². The quantitative estimate of drug-likeness (QED) is 0.898. The monoisotopic (exact) mass is 292 g/mol. The molecule has 2 fully saturated rings. The smallest absolute Gasteiger partial charge is 0.222 e. The van der Waals surface area contributed by atoms with Gasteiger partial charge in [-0.15, -0.1) is 0 Å². The zero-order valence-electron chi connectivity index (χ0n) is 12.4. The van der Waals surface area contributed by atoms with Crippen LogP contribution in [-0.4, -0.2) is 42.9 Å². The Bertz CT molecular complexity index is 446. The van der Waals surface area contributed by atoms with Gasteiger partial charge < -0.3 is 19.4 Å². The maximum Gasteiger partial charge on any atom is 0.222 e. The number of carbonyl (C=O) groups is 1. The van der Waals surface area contributed by atoms with E-state index in [1.807, 2.05) is 12.1 Å². The van der Waals surface area contributed by atoms with Gasteiger partial charge in [0.25, 0.3) is 0 Å². The fourth-order valence-electron chi connectivity index (χ4n) is 3.32. The highest BCUT2D eigenvalue weighted by atomic mass is 16.5. The maximum atomic E-state index is 12.3. The van der Waals surface area contributed by atoms with Crippen molar-refractivity contribution in [2.45, 2.75) is 43.7 Å². The summed E-state index contributed by atoms with van der Waals surface area (Å²) in [6.07, 6.45) is 8.74. The van der Waals surface area contributed by atoms with Gasteiger partial charge >= 0.3 is 0 Å². The molecule has 5 nitrogen and oxygen atoms in total. The third-order valence-corrected chi connectivity index (χ3v) is 4.62. The molecule has 3 heterocycles. The van der Waals surface area contributed by atoms with Crippen LogP contribution >= 0.6 is 0 Å². The highest BCUT2D eigenvalue weighted by Crippen LogP contribution is 2.32. The lowest BCUT2D eigenvalue weighted by atomic mass is 9.86. The number of aromatic nitrogens is 1. The second kappa shape index (κ2) is 6.62. The lowest BCUT2D eigenvalue weighted by molar-refractivity contribution is -0.125. The van der Waals surface area contributed by atoms with E-state index in [1.165, 1.54) is 0 Å². The van der Waals surface area contributed by atoms with Gasteiger partial charge in [-0.3, -0.25) is 4.79 Å². The van der Waals surface area contributed by atoms with E-state index in [1.54, 1.807) is 0 Å². The zero-order chi connectivity index (χ0) is 14.5. The van der Waals surface area contributed by atoms with Crippen molar-refractivity contribution in [3.05, 3.63) is 24.5 Å². The highest BCUT2D eigenvalue weighted by Gasteiger charge is 2.36. The van der Waals surface area contributed by atoms with E-state index in [-0.39, 0.29) is 17.6 Å². The maximum absolute atomic E-state index is 12.3. The van der Waals surface area contributed by atoms with Gasteiger partial charge in [0.2, 0.25) is 5.91 Å². The largest absolute Gasteiger partial charge is 0.381 e. The molecule has 2 aliphatic rings. The molecule has 0 bridgehead atoms. The van der Waals surface area contributed by atoms with Gasteiger partial charge in [0.1, 0.15) is 0 Å². The molecular weight excluding hydrogens is 268 g/mol. The predicted octanol–water partition coefficient (Wildman–Crippen LogP) is 1.68. The molecule has 3 rings (SSSR count). The van der Waals surface area contributed by atoms with Gasteiger partial charge in [0.15, 0.2) is 0 Å². The molecule has 0 aliphatic carbocycles. The van der Waals surface area contributed by atoms with Gasteiger partial charge in [-0.2, -0.15) is 0 Å². The number of nitrogens with one attached hydrogen (secondary N) is 1. The summed E-state index contributed by atoms with van der Waals surface area (Å²) in [5.74, 6) is 0.112. The van der Waals surface area contributed by atoms with E-state index >= 15 is 0 Å². The standard InChI is InChI=1S/C16H24N2O3/c19-15(17-13-14-4-3-9-21-14)12-16(5-10-20-11-6-16)18-7-1-2-8-18/h1-2,7-8,14H,3-6,9-13H2,(H,17,19)/t14-/m0/s1. The minimum atomic E-state index is -0.137. The number of ether oxygens (including phenoxy) is 2. The first-order valence-electron chi connectivity index (χ1n) is 7.88. The summed E-state index contributed by atoms with van der Waals surface area (Å²) in [5.41, 5.74) is -0.137.